The predicted molar refractivity (Wildman–Crippen MR) is 99.1 cm³/mol. The largest absolute Gasteiger partial charge is 0.507 e. The first kappa shape index (κ1) is 14.8. The maximum Gasteiger partial charge on any atom is 0.150 e. The quantitative estimate of drug-likeness (QED) is 0.492. The predicted octanol–water partition coefficient (Wildman–Crippen LogP) is 5.66. The van der Waals surface area contributed by atoms with Crippen LogP contribution in [0.25, 0.3) is 21.5 Å². The van der Waals surface area contributed by atoms with Crippen LogP contribution in [-0.4, -0.2) is 11.4 Å². The lowest BCUT2D eigenvalue weighted by atomic mass is 10.1. The summed E-state index contributed by atoms with van der Waals surface area (Å²) in [6.07, 6.45) is 0.881. The summed E-state index contributed by atoms with van der Waals surface area (Å²) in [5, 5.41) is 14.4. The molecule has 2 nitrogen and oxygen atoms in total. The Morgan fingerprint density at radius 2 is 1.46 bits per heavy atom. The fraction of sp³-hybridized carbons (Fsp3) is 0. The van der Waals surface area contributed by atoms with Gasteiger partial charge in [0, 0.05) is 10.5 Å². The van der Waals surface area contributed by atoms with E-state index in [1.807, 2.05) is 66.7 Å². The van der Waals surface area contributed by atoms with Gasteiger partial charge < -0.3 is 5.11 Å². The Kier molecular flexibility index (Phi) is 3.71. The fourth-order valence-corrected chi connectivity index (χ4v) is 4.05. The van der Waals surface area contributed by atoms with Crippen LogP contribution in [0.1, 0.15) is 10.4 Å². The van der Waals surface area contributed by atoms with Gasteiger partial charge in [-0.25, -0.2) is 0 Å². The van der Waals surface area contributed by atoms with Gasteiger partial charge >= 0.3 is 0 Å². The molecule has 0 spiro atoms. The lowest BCUT2D eigenvalue weighted by Gasteiger charge is -2.11. The van der Waals surface area contributed by atoms with Crippen LogP contribution in [-0.2, 0) is 0 Å². The van der Waals surface area contributed by atoms with E-state index in [0.29, 0.717) is 5.56 Å². The summed E-state index contributed by atoms with van der Waals surface area (Å²) in [6, 6.07) is 23.3. The monoisotopic (exact) mass is 330 g/mol. The molecule has 0 saturated carbocycles. The minimum Gasteiger partial charge on any atom is -0.507 e. The molecule has 116 valence electrons. The van der Waals surface area contributed by atoms with Gasteiger partial charge in [-0.2, -0.15) is 0 Å². The topological polar surface area (TPSA) is 37.3 Å². The fourth-order valence-electron chi connectivity index (χ4n) is 2.94. The van der Waals surface area contributed by atoms with E-state index in [0.717, 1.165) is 37.6 Å². The van der Waals surface area contributed by atoms with Crippen molar-refractivity contribution in [1.29, 1.82) is 0 Å². The van der Waals surface area contributed by atoms with Crippen molar-refractivity contribution >= 4 is 39.6 Å². The molecule has 3 heteroatoms. The molecule has 0 aliphatic carbocycles. The molecule has 0 aliphatic rings. The molecule has 0 heterocycles. The van der Waals surface area contributed by atoms with Crippen LogP contribution < -0.4 is 0 Å². The first-order chi connectivity index (χ1) is 11.8. The number of aldehydes is 1. The van der Waals surface area contributed by atoms with E-state index in [4.69, 9.17) is 0 Å². The highest BCUT2D eigenvalue weighted by Crippen LogP contribution is 2.42. The van der Waals surface area contributed by atoms with Crippen molar-refractivity contribution in [3.8, 4) is 5.75 Å². The number of phenols is 1. The third-order valence-electron chi connectivity index (χ3n) is 4.12. The number of hydrogen-bond donors (Lipinski definition) is 1. The second kappa shape index (κ2) is 6.02. The van der Waals surface area contributed by atoms with Crippen LogP contribution in [0.3, 0.4) is 0 Å². The van der Waals surface area contributed by atoms with E-state index in [2.05, 4.69) is 0 Å². The molecule has 0 bridgehead atoms. The lowest BCUT2D eigenvalue weighted by molar-refractivity contribution is 0.112. The van der Waals surface area contributed by atoms with E-state index >= 15 is 0 Å². The third kappa shape index (κ3) is 2.43. The molecule has 0 radical (unpaired) electrons. The SMILES string of the molecule is O=Cc1ccc(Sc2c(O)ccc3ccccc23)c2ccccc12. The van der Waals surface area contributed by atoms with Gasteiger partial charge in [-0.1, -0.05) is 66.4 Å². The number of aromatic hydroxyl groups is 1. The van der Waals surface area contributed by atoms with Crippen LogP contribution in [0.5, 0.6) is 5.75 Å². The Balaban J connectivity index is 1.92. The maximum absolute atomic E-state index is 11.3. The van der Waals surface area contributed by atoms with Crippen molar-refractivity contribution in [3.05, 3.63) is 78.4 Å². The van der Waals surface area contributed by atoms with Crippen molar-refractivity contribution < 1.29 is 9.90 Å². The average molecular weight is 330 g/mol. The Bertz CT molecular complexity index is 1070. The van der Waals surface area contributed by atoms with Crippen molar-refractivity contribution in [1.82, 2.24) is 0 Å². The summed E-state index contributed by atoms with van der Waals surface area (Å²) in [6.45, 7) is 0. The zero-order valence-corrected chi connectivity index (χ0v) is 13.6. The second-order valence-corrected chi connectivity index (χ2v) is 6.61. The highest BCUT2D eigenvalue weighted by molar-refractivity contribution is 8.00. The standard InChI is InChI=1S/C21H14O2S/c22-13-15-10-12-20(18-8-4-3-6-16(15)18)24-21-17-7-2-1-5-14(17)9-11-19(21)23/h1-13,23H. The average Bonchev–Trinajstić information content (AvgIpc) is 2.64. The molecule has 0 unspecified atom stereocenters. The molecule has 4 aromatic rings. The molecule has 24 heavy (non-hydrogen) atoms. The molecular formula is C21H14O2S. The van der Waals surface area contributed by atoms with Gasteiger partial charge in [-0.15, -0.1) is 0 Å². The van der Waals surface area contributed by atoms with Crippen LogP contribution in [0.2, 0.25) is 0 Å². The first-order valence-corrected chi connectivity index (χ1v) is 8.45. The maximum atomic E-state index is 11.3. The minimum absolute atomic E-state index is 0.266. The van der Waals surface area contributed by atoms with E-state index in [1.165, 1.54) is 11.8 Å². The lowest BCUT2D eigenvalue weighted by Crippen LogP contribution is -1.86. The Hall–Kier alpha value is -2.78. The van der Waals surface area contributed by atoms with Gasteiger partial charge in [0.1, 0.15) is 5.75 Å². The third-order valence-corrected chi connectivity index (χ3v) is 5.32. The number of carbonyl (C=O) groups excluding carboxylic acids is 1. The summed E-state index contributed by atoms with van der Waals surface area (Å²) in [4.78, 5) is 13.1. The van der Waals surface area contributed by atoms with Gasteiger partial charge in [0.2, 0.25) is 0 Å². The summed E-state index contributed by atoms with van der Waals surface area (Å²) in [5.41, 5.74) is 0.678. The summed E-state index contributed by atoms with van der Waals surface area (Å²) >= 11 is 1.53. The van der Waals surface area contributed by atoms with E-state index < -0.39 is 0 Å². The highest BCUT2D eigenvalue weighted by atomic mass is 32.2. The van der Waals surface area contributed by atoms with E-state index in [1.54, 1.807) is 6.07 Å². The molecule has 0 aliphatic heterocycles. The summed E-state index contributed by atoms with van der Waals surface area (Å²) in [5.74, 6) is 0.266. The smallest absolute Gasteiger partial charge is 0.150 e. The van der Waals surface area contributed by atoms with Crippen LogP contribution >= 0.6 is 11.8 Å². The molecule has 0 amide bonds. The minimum atomic E-state index is 0.266. The molecule has 0 fully saturated rings. The highest BCUT2D eigenvalue weighted by Gasteiger charge is 2.12. The zero-order chi connectivity index (χ0) is 16.5. The van der Waals surface area contributed by atoms with E-state index in [9.17, 15) is 9.90 Å². The van der Waals surface area contributed by atoms with Crippen LogP contribution in [0.4, 0.5) is 0 Å². The summed E-state index contributed by atoms with van der Waals surface area (Å²) in [7, 11) is 0. The van der Waals surface area contributed by atoms with E-state index in [-0.39, 0.29) is 5.75 Å². The van der Waals surface area contributed by atoms with Crippen molar-refractivity contribution in [3.63, 3.8) is 0 Å². The summed E-state index contributed by atoms with van der Waals surface area (Å²) < 4.78 is 0. The van der Waals surface area contributed by atoms with Gasteiger partial charge in [-0.3, -0.25) is 4.79 Å². The normalized spacial score (nSPS) is 11.0. The molecular weight excluding hydrogens is 316 g/mol. The second-order valence-electron chi connectivity index (χ2n) is 5.55. The Morgan fingerprint density at radius 1 is 0.750 bits per heavy atom. The van der Waals surface area contributed by atoms with Gasteiger partial charge in [0.15, 0.2) is 6.29 Å². The van der Waals surface area contributed by atoms with Gasteiger partial charge in [0.05, 0.1) is 4.90 Å². The number of carbonyl (C=O) groups is 1. The molecule has 0 atom stereocenters. The molecule has 0 aromatic heterocycles. The van der Waals surface area contributed by atoms with Crippen molar-refractivity contribution in [2.24, 2.45) is 0 Å². The van der Waals surface area contributed by atoms with Crippen LogP contribution in [0.15, 0.2) is 82.6 Å². The molecule has 1 N–H and O–H groups in total. The molecule has 0 saturated heterocycles. The number of phenolic OH excluding ortho intramolecular Hbond substituents is 1. The van der Waals surface area contributed by atoms with Gasteiger partial charge in [0.25, 0.3) is 0 Å². The number of hydrogen-bond acceptors (Lipinski definition) is 3. The van der Waals surface area contributed by atoms with Crippen LogP contribution in [0, 0.1) is 0 Å². The number of fused-ring (bicyclic) bond motifs is 2. The number of rotatable bonds is 3. The Morgan fingerprint density at radius 3 is 2.25 bits per heavy atom. The van der Waals surface area contributed by atoms with Crippen molar-refractivity contribution in [2.45, 2.75) is 9.79 Å². The molecule has 4 aromatic carbocycles. The zero-order valence-electron chi connectivity index (χ0n) is 12.8. The number of benzene rings is 4. The van der Waals surface area contributed by atoms with Gasteiger partial charge in [-0.05, 0) is 39.7 Å². The Labute approximate surface area is 143 Å². The first-order valence-electron chi connectivity index (χ1n) is 7.63. The van der Waals surface area contributed by atoms with Crippen molar-refractivity contribution in [2.75, 3.05) is 0 Å². The molecule has 4 rings (SSSR count).